The Kier molecular flexibility index (Phi) is 7.44. The average Bonchev–Trinajstić information content (AvgIpc) is 3.18. The van der Waals surface area contributed by atoms with Crippen molar-refractivity contribution < 1.29 is 18.7 Å². The van der Waals surface area contributed by atoms with Crippen LogP contribution in [0.2, 0.25) is 0 Å². The molecular weight excluding hydrogens is 423 g/mol. The number of aromatic nitrogens is 2. The molecule has 1 aliphatic heterocycles. The summed E-state index contributed by atoms with van der Waals surface area (Å²) in [5.41, 5.74) is 1.54. The first-order chi connectivity index (χ1) is 15.5. The van der Waals surface area contributed by atoms with Crippen molar-refractivity contribution in [2.45, 2.75) is 59.0 Å². The Morgan fingerprint density at radius 3 is 2.52 bits per heavy atom. The summed E-state index contributed by atoms with van der Waals surface area (Å²) in [6, 6.07) is 6.09. The largest absolute Gasteiger partial charge is 0.444 e. The molecule has 1 aliphatic rings. The third-order valence-electron chi connectivity index (χ3n) is 5.70. The number of rotatable bonds is 5. The summed E-state index contributed by atoms with van der Waals surface area (Å²) in [5.74, 6) is -0.147. The van der Waals surface area contributed by atoms with Crippen LogP contribution in [-0.2, 0) is 4.74 Å². The van der Waals surface area contributed by atoms with E-state index in [-0.39, 0.29) is 29.7 Å². The summed E-state index contributed by atoms with van der Waals surface area (Å²) < 4.78 is 20.5. The molecule has 1 fully saturated rings. The number of amides is 2. The van der Waals surface area contributed by atoms with E-state index in [9.17, 15) is 14.0 Å². The summed E-state index contributed by atoms with van der Waals surface area (Å²) in [5, 5.41) is 4.46. The predicted molar refractivity (Wildman–Crippen MR) is 125 cm³/mol. The minimum atomic E-state index is -0.544. The number of piperidine rings is 1. The van der Waals surface area contributed by atoms with E-state index >= 15 is 0 Å². The van der Waals surface area contributed by atoms with Crippen molar-refractivity contribution >= 4 is 12.0 Å². The van der Waals surface area contributed by atoms with Crippen LogP contribution >= 0.6 is 0 Å². The van der Waals surface area contributed by atoms with Crippen LogP contribution in [0.1, 0.15) is 69.4 Å². The molecule has 2 amide bonds. The molecule has 0 N–H and O–H groups in total. The molecule has 0 saturated carbocycles. The first-order valence-corrected chi connectivity index (χ1v) is 11.5. The molecule has 0 radical (unpaired) electrons. The van der Waals surface area contributed by atoms with Gasteiger partial charge in [0.2, 0.25) is 0 Å². The van der Waals surface area contributed by atoms with Gasteiger partial charge in [0.1, 0.15) is 11.4 Å². The van der Waals surface area contributed by atoms with Gasteiger partial charge in [0.25, 0.3) is 5.91 Å². The van der Waals surface area contributed by atoms with Gasteiger partial charge in [-0.3, -0.25) is 4.79 Å². The summed E-state index contributed by atoms with van der Waals surface area (Å²) in [6.07, 6.45) is 3.08. The average molecular weight is 459 g/mol. The van der Waals surface area contributed by atoms with Crippen molar-refractivity contribution in [1.29, 1.82) is 0 Å². The number of benzene rings is 1. The van der Waals surface area contributed by atoms with Gasteiger partial charge in [-0.05, 0) is 69.7 Å². The Balaban J connectivity index is 1.74. The van der Waals surface area contributed by atoms with Crippen LogP contribution in [0.15, 0.2) is 30.5 Å². The third-order valence-corrected chi connectivity index (χ3v) is 5.70. The van der Waals surface area contributed by atoms with Crippen molar-refractivity contribution in [3.8, 4) is 5.69 Å². The number of ether oxygens (including phenoxy) is 1. The monoisotopic (exact) mass is 458 g/mol. The molecule has 7 nitrogen and oxygen atoms in total. The molecule has 1 saturated heterocycles. The van der Waals surface area contributed by atoms with E-state index in [2.05, 4.69) is 5.10 Å². The zero-order valence-corrected chi connectivity index (χ0v) is 20.5. The highest BCUT2D eigenvalue weighted by molar-refractivity contribution is 5.95. The van der Waals surface area contributed by atoms with Crippen LogP contribution in [0.25, 0.3) is 5.69 Å². The van der Waals surface area contributed by atoms with E-state index in [0.29, 0.717) is 25.2 Å². The molecule has 0 spiro atoms. The maximum absolute atomic E-state index is 13.5. The number of carbonyl (C=O) groups excluding carboxylic acids is 2. The highest BCUT2D eigenvalue weighted by Crippen LogP contribution is 2.27. The topological polar surface area (TPSA) is 67.7 Å². The molecule has 1 atom stereocenters. The molecule has 3 rings (SSSR count). The predicted octanol–water partition coefficient (Wildman–Crippen LogP) is 4.85. The first-order valence-electron chi connectivity index (χ1n) is 11.5. The third kappa shape index (κ3) is 6.12. The van der Waals surface area contributed by atoms with Crippen LogP contribution in [0.4, 0.5) is 9.18 Å². The first kappa shape index (κ1) is 24.7. The van der Waals surface area contributed by atoms with Crippen molar-refractivity contribution in [3.05, 3.63) is 47.5 Å². The Labute approximate surface area is 195 Å². The second-order valence-electron chi connectivity index (χ2n) is 10.1. The Bertz CT molecular complexity index is 979. The molecule has 2 heterocycles. The van der Waals surface area contributed by atoms with Gasteiger partial charge < -0.3 is 14.5 Å². The van der Waals surface area contributed by atoms with E-state index in [1.165, 1.54) is 12.1 Å². The maximum atomic E-state index is 13.5. The fourth-order valence-electron chi connectivity index (χ4n) is 4.24. The number of likely N-dealkylation sites (tertiary alicyclic amines) is 1. The van der Waals surface area contributed by atoms with Crippen LogP contribution in [-0.4, -0.2) is 63.9 Å². The number of halogens is 1. The van der Waals surface area contributed by atoms with E-state index in [1.807, 2.05) is 39.5 Å². The summed E-state index contributed by atoms with van der Waals surface area (Å²) >= 11 is 0. The van der Waals surface area contributed by atoms with Crippen molar-refractivity contribution in [2.24, 2.45) is 5.92 Å². The fraction of sp³-hybridized carbons (Fsp3) is 0.560. The van der Waals surface area contributed by atoms with Gasteiger partial charge in [-0.15, -0.1) is 0 Å². The molecule has 1 aromatic carbocycles. The lowest BCUT2D eigenvalue weighted by Crippen LogP contribution is -2.45. The molecule has 180 valence electrons. The Morgan fingerprint density at radius 2 is 1.91 bits per heavy atom. The molecule has 0 aliphatic carbocycles. The standard InChI is InChI=1S/C25H35FN4O3/c1-17(2)22-21(14-27-30(22)20-11-9-19(26)10-12-20)23(31)29-13-7-8-18(16-29)15-28(6)24(32)33-25(3,4)5/h9-12,14,17-18H,7-8,13,15-16H2,1-6H3. The molecule has 0 bridgehead atoms. The summed E-state index contributed by atoms with van der Waals surface area (Å²) in [6.45, 7) is 11.3. The van der Waals surface area contributed by atoms with Gasteiger partial charge in [0.15, 0.2) is 0 Å². The Morgan fingerprint density at radius 1 is 1.24 bits per heavy atom. The van der Waals surface area contributed by atoms with Crippen molar-refractivity contribution in [3.63, 3.8) is 0 Å². The minimum absolute atomic E-state index is 0.0513. The summed E-state index contributed by atoms with van der Waals surface area (Å²) in [7, 11) is 1.73. The van der Waals surface area contributed by atoms with Gasteiger partial charge >= 0.3 is 6.09 Å². The number of nitrogens with zero attached hydrogens (tertiary/aromatic N) is 4. The van der Waals surface area contributed by atoms with Gasteiger partial charge in [0.05, 0.1) is 23.1 Å². The van der Waals surface area contributed by atoms with Crippen molar-refractivity contribution in [2.75, 3.05) is 26.7 Å². The van der Waals surface area contributed by atoms with Crippen LogP contribution in [0, 0.1) is 11.7 Å². The van der Waals surface area contributed by atoms with E-state index in [0.717, 1.165) is 24.2 Å². The minimum Gasteiger partial charge on any atom is -0.444 e. The molecule has 1 aromatic heterocycles. The normalized spacial score (nSPS) is 16.7. The van der Waals surface area contributed by atoms with E-state index in [4.69, 9.17) is 4.74 Å². The fourth-order valence-corrected chi connectivity index (χ4v) is 4.24. The van der Waals surface area contributed by atoms with Crippen molar-refractivity contribution in [1.82, 2.24) is 19.6 Å². The van der Waals surface area contributed by atoms with Gasteiger partial charge in [-0.1, -0.05) is 13.8 Å². The second kappa shape index (κ2) is 9.93. The second-order valence-corrected chi connectivity index (χ2v) is 10.1. The van der Waals surface area contributed by atoms with E-state index < -0.39 is 5.60 Å². The van der Waals surface area contributed by atoms with E-state index in [1.54, 1.807) is 35.0 Å². The van der Waals surface area contributed by atoms with Gasteiger partial charge in [-0.2, -0.15) is 5.10 Å². The number of hydrogen-bond donors (Lipinski definition) is 0. The van der Waals surface area contributed by atoms with Crippen LogP contribution in [0.5, 0.6) is 0 Å². The molecule has 2 aromatic rings. The van der Waals surface area contributed by atoms with Crippen LogP contribution < -0.4 is 0 Å². The molecule has 33 heavy (non-hydrogen) atoms. The number of carbonyl (C=O) groups is 2. The smallest absolute Gasteiger partial charge is 0.410 e. The van der Waals surface area contributed by atoms with Crippen LogP contribution in [0.3, 0.4) is 0 Å². The van der Waals surface area contributed by atoms with Gasteiger partial charge in [0, 0.05) is 26.7 Å². The lowest BCUT2D eigenvalue weighted by molar-refractivity contribution is 0.0244. The molecular formula is C25H35FN4O3. The Hall–Kier alpha value is -2.90. The number of hydrogen-bond acceptors (Lipinski definition) is 4. The molecule has 1 unspecified atom stereocenters. The lowest BCUT2D eigenvalue weighted by atomic mass is 9.96. The summed E-state index contributed by atoms with van der Waals surface area (Å²) in [4.78, 5) is 29.3. The zero-order valence-electron chi connectivity index (χ0n) is 20.5. The highest BCUT2D eigenvalue weighted by atomic mass is 19.1. The SMILES string of the molecule is CC(C)c1c(C(=O)N2CCCC(CN(C)C(=O)OC(C)(C)C)C2)cnn1-c1ccc(F)cc1. The maximum Gasteiger partial charge on any atom is 0.410 e. The van der Waals surface area contributed by atoms with Gasteiger partial charge in [-0.25, -0.2) is 13.9 Å². The lowest BCUT2D eigenvalue weighted by Gasteiger charge is -2.35. The molecule has 8 heteroatoms. The quantitative estimate of drug-likeness (QED) is 0.642. The highest BCUT2D eigenvalue weighted by Gasteiger charge is 2.30. The zero-order chi connectivity index (χ0) is 24.3.